The Morgan fingerprint density at radius 2 is 1.04 bits per heavy atom. The summed E-state index contributed by atoms with van der Waals surface area (Å²) in [5, 5.41) is 5.55. The van der Waals surface area contributed by atoms with Gasteiger partial charge < -0.3 is 0 Å². The Labute approximate surface area is 307 Å². The molecule has 0 unspecified atom stereocenters. The van der Waals surface area contributed by atoms with E-state index in [4.69, 9.17) is 0 Å². The molecule has 0 fully saturated rings. The van der Waals surface area contributed by atoms with Crippen LogP contribution in [0.25, 0.3) is 21.5 Å². The van der Waals surface area contributed by atoms with E-state index in [2.05, 4.69) is 174 Å². The molecule has 1 aliphatic carbocycles. The largest absolute Gasteiger partial charge is 0.273 e. The number of rotatable bonds is 4. The van der Waals surface area contributed by atoms with Crippen LogP contribution in [0.1, 0.15) is 132 Å². The van der Waals surface area contributed by atoms with Crippen molar-refractivity contribution in [2.45, 2.75) is 112 Å². The zero-order chi connectivity index (χ0) is 35.4. The average Bonchev–Trinajstić information content (AvgIpc) is 3.71. The van der Waals surface area contributed by atoms with Crippen LogP contribution in [0.5, 0.6) is 0 Å². The minimum Gasteiger partial charge on any atom is -0.273 e. The first-order valence-corrected chi connectivity index (χ1v) is 18.9. The predicted molar refractivity (Wildman–Crippen MR) is 210 cm³/mol. The van der Waals surface area contributed by atoms with E-state index in [-0.39, 0.29) is 10.8 Å². The molecule has 0 saturated carbocycles. The standard InChI is InChI=1S/C23H29.C19H22.C5H5.Zr/c1-14-9-16-11-17-10-15(2)21(23(6,7)8)13-19(17)18(16)12-20(14)22(3,4)5;1-14(2)18-9-5-16(6-10-18)13-17-7-11-19(12-8-17)15(3)4;1-2-4-5-3-1;/h9-13H,1-8H3;5-12,14-15H,1-4H3;1-3H,4H2;/q-1;;-1;+2. The first kappa shape index (κ1) is 37.8. The van der Waals surface area contributed by atoms with Crippen LogP contribution in [0.15, 0.2) is 97.1 Å². The van der Waals surface area contributed by atoms with E-state index >= 15 is 0 Å². The van der Waals surface area contributed by atoms with Gasteiger partial charge in [-0.1, -0.05) is 75.9 Å². The van der Waals surface area contributed by atoms with E-state index in [1.54, 1.807) is 0 Å². The molecule has 0 N–H and O–H groups in total. The van der Waals surface area contributed by atoms with Crippen LogP contribution in [0.4, 0.5) is 0 Å². The second-order valence-electron chi connectivity index (χ2n) is 16.1. The molecule has 1 aliphatic rings. The van der Waals surface area contributed by atoms with Crippen molar-refractivity contribution in [2.24, 2.45) is 0 Å². The van der Waals surface area contributed by atoms with Gasteiger partial charge in [0.1, 0.15) is 0 Å². The summed E-state index contributed by atoms with van der Waals surface area (Å²) in [5.74, 6) is 1.20. The maximum absolute atomic E-state index is 2.99. The summed E-state index contributed by atoms with van der Waals surface area (Å²) in [6.07, 6.45) is 10.0. The van der Waals surface area contributed by atoms with Crippen molar-refractivity contribution in [3.05, 3.63) is 148 Å². The number of allylic oxidation sites excluding steroid dienone is 4. The van der Waals surface area contributed by atoms with E-state index in [1.807, 2.05) is 12.2 Å². The Morgan fingerprint density at radius 1 is 0.646 bits per heavy atom. The number of fused-ring (bicyclic) bond motifs is 3. The quantitative estimate of drug-likeness (QED) is 0.163. The average molecular weight is 712 g/mol. The third-order valence-corrected chi connectivity index (χ3v) is 10.7. The molecule has 6 rings (SSSR count). The molecule has 0 amide bonds. The second-order valence-corrected chi connectivity index (χ2v) is 17.3. The maximum atomic E-state index is 2.99. The van der Waals surface area contributed by atoms with Gasteiger partial charge in [-0.15, -0.1) is 46.2 Å². The number of hydrogen-bond acceptors (Lipinski definition) is 0. The third-order valence-electron chi connectivity index (χ3n) is 9.33. The maximum Gasteiger partial charge on any atom is -0.0142 e. The molecular formula is C47H56Zr. The van der Waals surface area contributed by atoms with Crippen LogP contribution >= 0.6 is 0 Å². The van der Waals surface area contributed by atoms with Gasteiger partial charge in [0.2, 0.25) is 0 Å². The van der Waals surface area contributed by atoms with Gasteiger partial charge in [-0.3, -0.25) is 6.08 Å². The van der Waals surface area contributed by atoms with Gasteiger partial charge in [0.25, 0.3) is 0 Å². The molecular weight excluding hydrogens is 656 g/mol. The zero-order valence-corrected chi connectivity index (χ0v) is 34.1. The van der Waals surface area contributed by atoms with Crippen molar-refractivity contribution in [3.8, 4) is 0 Å². The summed E-state index contributed by atoms with van der Waals surface area (Å²) >= 11 is 1.47. The fraction of sp³-hybridized carbons (Fsp3) is 0.362. The van der Waals surface area contributed by atoms with Gasteiger partial charge in [-0.25, -0.2) is 12.2 Å². The molecule has 0 radical (unpaired) electrons. The summed E-state index contributed by atoms with van der Waals surface area (Å²) in [7, 11) is 0. The van der Waals surface area contributed by atoms with Gasteiger partial charge >= 0.3 is 138 Å². The van der Waals surface area contributed by atoms with Crippen molar-refractivity contribution >= 4 is 24.8 Å². The van der Waals surface area contributed by atoms with Crippen molar-refractivity contribution in [3.63, 3.8) is 0 Å². The number of aryl methyl sites for hydroxylation is 2. The monoisotopic (exact) mass is 710 g/mol. The summed E-state index contributed by atoms with van der Waals surface area (Å²) in [6.45, 7) is 27.2. The molecule has 248 valence electrons. The Morgan fingerprint density at radius 3 is 1.31 bits per heavy atom. The van der Waals surface area contributed by atoms with Crippen LogP contribution < -0.4 is 0 Å². The molecule has 48 heavy (non-hydrogen) atoms. The predicted octanol–water partition coefficient (Wildman–Crippen LogP) is 13.3. The Kier molecular flexibility index (Phi) is 12.3. The topological polar surface area (TPSA) is 0 Å². The normalized spacial score (nSPS) is 12.8. The summed E-state index contributed by atoms with van der Waals surface area (Å²) in [5.41, 5.74) is 11.6. The summed E-state index contributed by atoms with van der Waals surface area (Å²) in [6, 6.07) is 30.0. The number of benzene rings is 4. The Bertz CT molecular complexity index is 1770. The summed E-state index contributed by atoms with van der Waals surface area (Å²) in [4.78, 5) is 0. The third kappa shape index (κ3) is 9.36. The van der Waals surface area contributed by atoms with Crippen LogP contribution in [0, 0.1) is 19.9 Å². The Hall–Kier alpha value is -3.02. The van der Waals surface area contributed by atoms with Gasteiger partial charge in [0.15, 0.2) is 0 Å². The minimum absolute atomic E-state index is 0.180. The van der Waals surface area contributed by atoms with E-state index in [0.717, 1.165) is 6.42 Å². The molecule has 0 atom stereocenters. The zero-order valence-electron chi connectivity index (χ0n) is 31.6. The van der Waals surface area contributed by atoms with Crippen molar-refractivity contribution < 1.29 is 24.2 Å². The molecule has 0 heterocycles. The van der Waals surface area contributed by atoms with Crippen LogP contribution in [-0.2, 0) is 35.1 Å². The van der Waals surface area contributed by atoms with E-state index in [9.17, 15) is 0 Å². The molecule has 0 aromatic heterocycles. The summed E-state index contributed by atoms with van der Waals surface area (Å²) < 4.78 is 1.43. The van der Waals surface area contributed by atoms with E-state index in [0.29, 0.717) is 11.8 Å². The minimum atomic E-state index is 0.180. The van der Waals surface area contributed by atoms with Gasteiger partial charge in [0, 0.05) is 0 Å². The molecule has 5 aromatic carbocycles. The van der Waals surface area contributed by atoms with Crippen LogP contribution in [0.3, 0.4) is 0 Å². The van der Waals surface area contributed by atoms with Crippen LogP contribution in [0.2, 0.25) is 0 Å². The van der Waals surface area contributed by atoms with E-state index in [1.165, 1.54) is 93.5 Å². The molecule has 0 bridgehead atoms. The fourth-order valence-corrected chi connectivity index (χ4v) is 7.35. The Balaban J connectivity index is 0.000000190. The van der Waals surface area contributed by atoms with Gasteiger partial charge in [0.05, 0.1) is 0 Å². The van der Waals surface area contributed by atoms with Crippen LogP contribution in [-0.4, -0.2) is 3.21 Å². The van der Waals surface area contributed by atoms with E-state index < -0.39 is 0 Å². The molecule has 5 aromatic rings. The second kappa shape index (κ2) is 15.7. The molecule has 0 nitrogen and oxygen atoms in total. The fourth-order valence-electron chi connectivity index (χ4n) is 6.53. The van der Waals surface area contributed by atoms with Gasteiger partial charge in [-0.05, 0) is 24.7 Å². The first-order chi connectivity index (χ1) is 22.5. The van der Waals surface area contributed by atoms with Gasteiger partial charge in [-0.2, -0.15) is 6.08 Å². The molecule has 0 spiro atoms. The smallest absolute Gasteiger partial charge is 0.0142 e. The SMILES string of the molecule is CC(C)c1ccc([C](=[Zr+2])c2ccc(C(C)C)cc2)cc1.Cc1cc2[cH-]c3cc(C)c(C(C)(C)C)cc3c2cc1C(C)(C)C.[C-]1=CC=CC1. The van der Waals surface area contributed by atoms with Crippen molar-refractivity contribution in [1.29, 1.82) is 0 Å². The molecule has 1 heteroatoms. The molecule has 0 saturated heterocycles. The molecule has 0 aliphatic heterocycles. The van der Waals surface area contributed by atoms with Crippen molar-refractivity contribution in [2.75, 3.05) is 0 Å². The first-order valence-electron chi connectivity index (χ1n) is 17.6. The van der Waals surface area contributed by atoms with Crippen molar-refractivity contribution in [1.82, 2.24) is 0 Å². The number of hydrogen-bond donors (Lipinski definition) is 0.